The first-order valence-electron chi connectivity index (χ1n) is 9.13. The van der Waals surface area contributed by atoms with Gasteiger partial charge in [0.1, 0.15) is 11.9 Å². The molecule has 27 heavy (non-hydrogen) atoms. The summed E-state index contributed by atoms with van der Waals surface area (Å²) in [4.78, 5) is 4.87. The first-order chi connectivity index (χ1) is 13.2. The van der Waals surface area contributed by atoms with Gasteiger partial charge >= 0.3 is 0 Å². The van der Waals surface area contributed by atoms with E-state index in [4.69, 9.17) is 4.98 Å². The summed E-state index contributed by atoms with van der Waals surface area (Å²) in [6.45, 7) is 0. The van der Waals surface area contributed by atoms with Crippen molar-refractivity contribution in [2.45, 2.75) is 12.5 Å². The maximum absolute atomic E-state index is 10.9. The minimum absolute atomic E-state index is 0.536. The van der Waals surface area contributed by atoms with E-state index in [1.807, 2.05) is 78.3 Å². The van der Waals surface area contributed by atoms with Crippen LogP contribution in [0, 0.1) is 0 Å². The number of hydrogen-bond donors (Lipinski definition) is 1. The van der Waals surface area contributed by atoms with Crippen molar-refractivity contribution >= 4 is 0 Å². The van der Waals surface area contributed by atoms with Crippen molar-refractivity contribution in [2.24, 2.45) is 7.05 Å². The number of rotatable bonds is 5. The zero-order chi connectivity index (χ0) is 18.6. The predicted octanol–water partition coefficient (Wildman–Crippen LogP) is 5.03. The lowest BCUT2D eigenvalue weighted by Gasteiger charge is -2.12. The summed E-state index contributed by atoms with van der Waals surface area (Å²) in [5.74, 6) is 0.677. The van der Waals surface area contributed by atoms with Crippen molar-refractivity contribution < 1.29 is 5.11 Å². The average Bonchev–Trinajstić information content (AvgIpc) is 3.07. The molecule has 0 bridgehead atoms. The molecule has 1 N–H and O–H groups in total. The Morgan fingerprint density at radius 1 is 0.778 bits per heavy atom. The molecular weight excluding hydrogens is 332 g/mol. The van der Waals surface area contributed by atoms with Gasteiger partial charge in [0.15, 0.2) is 0 Å². The van der Waals surface area contributed by atoms with Gasteiger partial charge in [0, 0.05) is 24.6 Å². The fourth-order valence-electron chi connectivity index (χ4n) is 3.47. The van der Waals surface area contributed by atoms with Crippen LogP contribution in [0.1, 0.15) is 17.5 Å². The molecule has 4 rings (SSSR count). The van der Waals surface area contributed by atoms with Gasteiger partial charge in [-0.05, 0) is 5.56 Å². The zero-order valence-corrected chi connectivity index (χ0v) is 15.3. The van der Waals surface area contributed by atoms with E-state index in [9.17, 15) is 5.11 Å². The highest BCUT2D eigenvalue weighted by molar-refractivity contribution is 5.79. The fourth-order valence-corrected chi connectivity index (χ4v) is 3.47. The van der Waals surface area contributed by atoms with Crippen LogP contribution in [0.25, 0.3) is 22.5 Å². The molecule has 1 heterocycles. The minimum atomic E-state index is -0.669. The Hall–Kier alpha value is -3.17. The van der Waals surface area contributed by atoms with Crippen LogP contribution in [0.3, 0.4) is 0 Å². The average molecular weight is 354 g/mol. The molecule has 0 fully saturated rings. The number of aliphatic hydroxyl groups excluding tert-OH is 1. The van der Waals surface area contributed by atoms with E-state index in [1.54, 1.807) is 0 Å². The summed E-state index contributed by atoms with van der Waals surface area (Å²) < 4.78 is 2.02. The molecule has 1 aromatic heterocycles. The normalized spacial score (nSPS) is 12.1. The Morgan fingerprint density at radius 3 is 1.89 bits per heavy atom. The third-order valence-electron chi connectivity index (χ3n) is 4.79. The maximum atomic E-state index is 10.9. The second-order valence-electron chi connectivity index (χ2n) is 6.66. The predicted molar refractivity (Wildman–Crippen MR) is 109 cm³/mol. The Bertz CT molecular complexity index is 1010. The van der Waals surface area contributed by atoms with Gasteiger partial charge in [-0.3, -0.25) is 0 Å². The number of aromatic nitrogens is 2. The largest absolute Gasteiger partial charge is 0.385 e. The van der Waals surface area contributed by atoms with E-state index in [2.05, 4.69) is 24.3 Å². The zero-order valence-electron chi connectivity index (χ0n) is 15.3. The summed E-state index contributed by atoms with van der Waals surface area (Å²) in [6.07, 6.45) is -0.133. The number of benzene rings is 3. The molecule has 3 heteroatoms. The van der Waals surface area contributed by atoms with Gasteiger partial charge in [-0.2, -0.15) is 0 Å². The van der Waals surface area contributed by atoms with Crippen molar-refractivity contribution in [1.29, 1.82) is 0 Å². The van der Waals surface area contributed by atoms with Gasteiger partial charge in [-0.1, -0.05) is 91.0 Å². The monoisotopic (exact) mass is 354 g/mol. The molecule has 3 nitrogen and oxygen atoms in total. The van der Waals surface area contributed by atoms with E-state index >= 15 is 0 Å². The quantitative estimate of drug-likeness (QED) is 0.546. The Balaban J connectivity index is 1.81. The third-order valence-corrected chi connectivity index (χ3v) is 4.79. The Labute approximate surface area is 159 Å². The van der Waals surface area contributed by atoms with Gasteiger partial charge in [0.05, 0.1) is 11.4 Å². The van der Waals surface area contributed by atoms with Crippen LogP contribution >= 0.6 is 0 Å². The third kappa shape index (κ3) is 3.55. The summed E-state index contributed by atoms with van der Waals surface area (Å²) >= 11 is 0. The van der Waals surface area contributed by atoms with Crippen LogP contribution in [-0.4, -0.2) is 14.7 Å². The fraction of sp³-hybridized carbons (Fsp3) is 0.125. The van der Waals surface area contributed by atoms with Crippen molar-refractivity contribution in [3.05, 3.63) is 102 Å². The van der Waals surface area contributed by atoms with E-state index < -0.39 is 6.10 Å². The molecular formula is C24H22N2O. The van der Waals surface area contributed by atoms with E-state index in [-0.39, 0.29) is 0 Å². The number of hydrogen-bond acceptors (Lipinski definition) is 2. The highest BCUT2D eigenvalue weighted by atomic mass is 16.3. The lowest BCUT2D eigenvalue weighted by molar-refractivity contribution is 0.165. The standard InChI is InChI=1S/C24H22N2O/c1-26-23(20-15-9-4-10-16-20)22(19-13-7-3-8-14-19)25-24(26)21(27)17-18-11-5-2-6-12-18/h2-16,21,27H,17H2,1H3. The Morgan fingerprint density at radius 2 is 1.30 bits per heavy atom. The van der Waals surface area contributed by atoms with Gasteiger partial charge in [0.25, 0.3) is 0 Å². The second kappa shape index (κ2) is 7.60. The minimum Gasteiger partial charge on any atom is -0.385 e. The summed E-state index contributed by atoms with van der Waals surface area (Å²) in [5.41, 5.74) is 5.14. The first-order valence-corrected chi connectivity index (χ1v) is 9.13. The number of imidazole rings is 1. The molecule has 0 saturated carbocycles. The summed E-state index contributed by atoms with van der Waals surface area (Å²) in [5, 5.41) is 10.9. The first kappa shape index (κ1) is 17.3. The van der Waals surface area contributed by atoms with Crippen molar-refractivity contribution in [3.8, 4) is 22.5 Å². The SMILES string of the molecule is Cn1c(C(O)Cc2ccccc2)nc(-c2ccccc2)c1-c1ccccc1. The maximum Gasteiger partial charge on any atom is 0.138 e. The molecule has 0 aliphatic carbocycles. The molecule has 0 spiro atoms. The number of nitrogens with zero attached hydrogens (tertiary/aromatic N) is 2. The molecule has 134 valence electrons. The topological polar surface area (TPSA) is 38.0 Å². The molecule has 1 unspecified atom stereocenters. The molecule has 0 amide bonds. The van der Waals surface area contributed by atoms with E-state index in [0.29, 0.717) is 12.2 Å². The van der Waals surface area contributed by atoms with Crippen molar-refractivity contribution in [1.82, 2.24) is 9.55 Å². The lowest BCUT2D eigenvalue weighted by atomic mass is 10.1. The summed E-state index contributed by atoms with van der Waals surface area (Å²) in [6, 6.07) is 30.4. The highest BCUT2D eigenvalue weighted by Crippen LogP contribution is 2.34. The van der Waals surface area contributed by atoms with Crippen LogP contribution in [-0.2, 0) is 13.5 Å². The van der Waals surface area contributed by atoms with Gasteiger partial charge in [0.2, 0.25) is 0 Å². The highest BCUT2D eigenvalue weighted by Gasteiger charge is 2.22. The van der Waals surface area contributed by atoms with Gasteiger partial charge in [-0.15, -0.1) is 0 Å². The van der Waals surface area contributed by atoms with Crippen molar-refractivity contribution in [3.63, 3.8) is 0 Å². The van der Waals surface area contributed by atoms with Crippen LogP contribution in [0.15, 0.2) is 91.0 Å². The van der Waals surface area contributed by atoms with Gasteiger partial charge < -0.3 is 9.67 Å². The Kier molecular flexibility index (Phi) is 4.86. The van der Waals surface area contributed by atoms with Crippen molar-refractivity contribution in [2.75, 3.05) is 0 Å². The van der Waals surface area contributed by atoms with Crippen LogP contribution in [0.5, 0.6) is 0 Å². The van der Waals surface area contributed by atoms with Gasteiger partial charge in [-0.25, -0.2) is 4.98 Å². The summed E-state index contributed by atoms with van der Waals surface area (Å²) in [7, 11) is 1.98. The van der Waals surface area contributed by atoms with E-state index in [0.717, 1.165) is 28.1 Å². The molecule has 1 atom stereocenters. The molecule has 3 aromatic carbocycles. The van der Waals surface area contributed by atoms with Crippen LogP contribution < -0.4 is 0 Å². The second-order valence-corrected chi connectivity index (χ2v) is 6.66. The van der Waals surface area contributed by atoms with Crippen LogP contribution in [0.2, 0.25) is 0 Å². The number of aliphatic hydroxyl groups is 1. The molecule has 0 radical (unpaired) electrons. The molecule has 0 saturated heterocycles. The van der Waals surface area contributed by atoms with E-state index in [1.165, 1.54) is 0 Å². The smallest absolute Gasteiger partial charge is 0.138 e. The molecule has 4 aromatic rings. The molecule has 0 aliphatic rings. The lowest BCUT2D eigenvalue weighted by Crippen LogP contribution is -2.09. The molecule has 0 aliphatic heterocycles. The van der Waals surface area contributed by atoms with Crippen LogP contribution in [0.4, 0.5) is 0 Å².